The second-order valence-corrected chi connectivity index (χ2v) is 3.28. The van der Waals surface area contributed by atoms with Gasteiger partial charge in [-0.1, -0.05) is 30.3 Å². The van der Waals surface area contributed by atoms with Crippen LogP contribution in [0.3, 0.4) is 0 Å². The minimum absolute atomic E-state index is 0. The van der Waals surface area contributed by atoms with Crippen LogP contribution in [0, 0.1) is 0 Å². The van der Waals surface area contributed by atoms with E-state index in [0.717, 1.165) is 11.4 Å². The first-order valence-electron chi connectivity index (χ1n) is 4.57. The van der Waals surface area contributed by atoms with Crippen LogP contribution in [0.25, 0.3) is 0 Å². The van der Waals surface area contributed by atoms with E-state index in [9.17, 15) is 0 Å². The molecular weight excluding hydrogens is 245 g/mol. The topological polar surface area (TPSA) is 43.8 Å². The Bertz CT molecular complexity index is 414. The number of imidazole rings is 1. The van der Waals surface area contributed by atoms with E-state index in [-0.39, 0.29) is 30.9 Å². The van der Waals surface area contributed by atoms with Gasteiger partial charge in [0.15, 0.2) is 0 Å². The maximum absolute atomic E-state index is 6.08. The molecule has 3 nitrogen and oxygen atoms in total. The molecule has 0 aliphatic heterocycles. The van der Waals surface area contributed by atoms with E-state index in [1.54, 1.807) is 6.20 Å². The molecule has 5 heteroatoms. The quantitative estimate of drug-likeness (QED) is 0.900. The lowest BCUT2D eigenvalue weighted by Gasteiger charge is -2.11. The third-order valence-electron chi connectivity index (χ3n) is 2.30. The van der Waals surface area contributed by atoms with Crippen LogP contribution in [-0.2, 0) is 7.05 Å². The molecule has 2 aromatic rings. The highest BCUT2D eigenvalue weighted by molar-refractivity contribution is 5.85. The first-order valence-corrected chi connectivity index (χ1v) is 4.57. The van der Waals surface area contributed by atoms with Crippen LogP contribution in [0.15, 0.2) is 42.7 Å². The van der Waals surface area contributed by atoms with Gasteiger partial charge in [0.05, 0.1) is 6.04 Å². The van der Waals surface area contributed by atoms with E-state index >= 15 is 0 Å². The predicted octanol–water partition coefficient (Wildman–Crippen LogP) is 2.31. The van der Waals surface area contributed by atoms with Gasteiger partial charge in [0.2, 0.25) is 0 Å². The van der Waals surface area contributed by atoms with Gasteiger partial charge in [0, 0.05) is 19.4 Å². The summed E-state index contributed by atoms with van der Waals surface area (Å²) in [5.41, 5.74) is 7.16. The number of benzene rings is 1. The molecule has 0 saturated heterocycles. The van der Waals surface area contributed by atoms with Gasteiger partial charge in [-0.3, -0.25) is 0 Å². The van der Waals surface area contributed by atoms with Crippen molar-refractivity contribution in [1.82, 2.24) is 9.55 Å². The van der Waals surface area contributed by atoms with Gasteiger partial charge in [-0.15, -0.1) is 24.8 Å². The molecule has 0 radical (unpaired) electrons. The summed E-state index contributed by atoms with van der Waals surface area (Å²) in [4.78, 5) is 4.23. The number of nitrogens with two attached hydrogens (primary N) is 1. The zero-order chi connectivity index (χ0) is 9.97. The summed E-state index contributed by atoms with van der Waals surface area (Å²) < 4.78 is 1.94. The molecule has 16 heavy (non-hydrogen) atoms. The normalized spacial score (nSPS) is 11.1. The number of aryl methyl sites for hydroxylation is 1. The Hall–Kier alpha value is -1.03. The second kappa shape index (κ2) is 6.53. The standard InChI is InChI=1S/C11H13N3.2ClH/c1-14-8-7-13-11(14)10(12)9-5-3-2-4-6-9;;/h2-8,10H,12H2,1H3;2*1H. The van der Waals surface area contributed by atoms with Crippen molar-refractivity contribution in [3.8, 4) is 0 Å². The molecule has 0 spiro atoms. The molecule has 0 fully saturated rings. The summed E-state index contributed by atoms with van der Waals surface area (Å²) in [5, 5.41) is 0. The molecule has 0 bridgehead atoms. The molecule has 1 heterocycles. The molecule has 1 aromatic carbocycles. The lowest BCUT2D eigenvalue weighted by Crippen LogP contribution is -2.16. The number of aromatic nitrogens is 2. The first kappa shape index (κ1) is 15.0. The number of hydrogen-bond donors (Lipinski definition) is 1. The fraction of sp³-hybridized carbons (Fsp3) is 0.182. The fourth-order valence-electron chi connectivity index (χ4n) is 1.49. The van der Waals surface area contributed by atoms with Crippen molar-refractivity contribution in [2.75, 3.05) is 0 Å². The van der Waals surface area contributed by atoms with Crippen LogP contribution in [0.1, 0.15) is 17.4 Å². The van der Waals surface area contributed by atoms with E-state index < -0.39 is 0 Å². The van der Waals surface area contributed by atoms with Crippen LogP contribution in [-0.4, -0.2) is 9.55 Å². The maximum atomic E-state index is 6.08. The molecule has 0 amide bonds. The first-order chi connectivity index (χ1) is 6.79. The second-order valence-electron chi connectivity index (χ2n) is 3.28. The van der Waals surface area contributed by atoms with E-state index in [0.29, 0.717) is 0 Å². The Balaban J connectivity index is 0.00000112. The van der Waals surface area contributed by atoms with E-state index in [1.165, 1.54) is 0 Å². The Morgan fingerprint density at radius 3 is 2.31 bits per heavy atom. The van der Waals surface area contributed by atoms with Gasteiger partial charge in [-0.25, -0.2) is 4.98 Å². The Labute approximate surface area is 108 Å². The molecule has 1 atom stereocenters. The van der Waals surface area contributed by atoms with E-state index in [1.807, 2.05) is 48.1 Å². The Morgan fingerprint density at radius 2 is 1.81 bits per heavy atom. The van der Waals surface area contributed by atoms with Crippen molar-refractivity contribution >= 4 is 24.8 Å². The minimum Gasteiger partial charge on any atom is -0.336 e. The summed E-state index contributed by atoms with van der Waals surface area (Å²) in [6.07, 6.45) is 3.66. The Morgan fingerprint density at radius 1 is 1.19 bits per heavy atom. The lowest BCUT2D eigenvalue weighted by atomic mass is 10.1. The van der Waals surface area contributed by atoms with Gasteiger partial charge in [0.25, 0.3) is 0 Å². The summed E-state index contributed by atoms with van der Waals surface area (Å²) >= 11 is 0. The van der Waals surface area contributed by atoms with Crippen LogP contribution < -0.4 is 5.73 Å². The zero-order valence-corrected chi connectivity index (χ0v) is 10.5. The van der Waals surface area contributed by atoms with Crippen molar-refractivity contribution in [1.29, 1.82) is 0 Å². The van der Waals surface area contributed by atoms with Crippen molar-refractivity contribution in [3.63, 3.8) is 0 Å². The molecule has 88 valence electrons. The van der Waals surface area contributed by atoms with Crippen LogP contribution in [0.5, 0.6) is 0 Å². The van der Waals surface area contributed by atoms with E-state index in [2.05, 4.69) is 4.98 Å². The summed E-state index contributed by atoms with van der Waals surface area (Å²) in [6, 6.07) is 9.83. The largest absolute Gasteiger partial charge is 0.336 e. The monoisotopic (exact) mass is 259 g/mol. The third kappa shape index (κ3) is 2.98. The summed E-state index contributed by atoms with van der Waals surface area (Å²) in [7, 11) is 1.95. The molecule has 1 unspecified atom stereocenters. The highest BCUT2D eigenvalue weighted by Crippen LogP contribution is 2.16. The van der Waals surface area contributed by atoms with Gasteiger partial charge < -0.3 is 10.3 Å². The van der Waals surface area contributed by atoms with Crippen LogP contribution >= 0.6 is 24.8 Å². The third-order valence-corrected chi connectivity index (χ3v) is 2.30. The summed E-state index contributed by atoms with van der Waals surface area (Å²) in [6.45, 7) is 0. The molecule has 1 aromatic heterocycles. The molecule has 0 saturated carbocycles. The summed E-state index contributed by atoms with van der Waals surface area (Å²) in [5.74, 6) is 0.885. The van der Waals surface area contributed by atoms with Crippen molar-refractivity contribution in [3.05, 3.63) is 54.1 Å². The SMILES string of the molecule is Cl.Cl.Cn1ccnc1C(N)c1ccccc1. The van der Waals surface area contributed by atoms with Crippen molar-refractivity contribution in [2.45, 2.75) is 6.04 Å². The number of nitrogens with zero attached hydrogens (tertiary/aromatic N) is 2. The predicted molar refractivity (Wildman–Crippen MR) is 70.2 cm³/mol. The fourth-order valence-corrected chi connectivity index (χ4v) is 1.49. The highest BCUT2D eigenvalue weighted by Gasteiger charge is 2.11. The van der Waals surface area contributed by atoms with Crippen molar-refractivity contribution < 1.29 is 0 Å². The van der Waals surface area contributed by atoms with Gasteiger partial charge in [0.1, 0.15) is 5.82 Å². The van der Waals surface area contributed by atoms with Gasteiger partial charge in [-0.2, -0.15) is 0 Å². The average molecular weight is 260 g/mol. The number of halogens is 2. The highest BCUT2D eigenvalue weighted by atomic mass is 35.5. The zero-order valence-electron chi connectivity index (χ0n) is 8.91. The maximum Gasteiger partial charge on any atom is 0.129 e. The van der Waals surface area contributed by atoms with Gasteiger partial charge in [-0.05, 0) is 5.56 Å². The smallest absolute Gasteiger partial charge is 0.129 e. The molecule has 0 aliphatic carbocycles. The van der Waals surface area contributed by atoms with Crippen LogP contribution in [0.4, 0.5) is 0 Å². The van der Waals surface area contributed by atoms with Crippen molar-refractivity contribution in [2.24, 2.45) is 12.8 Å². The molecular formula is C11H15Cl2N3. The molecule has 0 aliphatic rings. The molecule has 2 rings (SSSR count). The average Bonchev–Trinajstić information content (AvgIpc) is 2.65. The lowest BCUT2D eigenvalue weighted by molar-refractivity contribution is 0.717. The number of rotatable bonds is 2. The number of hydrogen-bond acceptors (Lipinski definition) is 2. The molecule has 2 N–H and O–H groups in total. The minimum atomic E-state index is -0.142. The van der Waals surface area contributed by atoms with E-state index in [4.69, 9.17) is 5.73 Å². The van der Waals surface area contributed by atoms with Gasteiger partial charge >= 0.3 is 0 Å². The van der Waals surface area contributed by atoms with Crippen LogP contribution in [0.2, 0.25) is 0 Å². The Kier molecular flexibility index (Phi) is 6.11.